The second-order valence-electron chi connectivity index (χ2n) is 2.41. The molecule has 0 aliphatic carbocycles. The Morgan fingerprint density at radius 3 is 2.25 bits per heavy atom. The van der Waals surface area contributed by atoms with E-state index in [0.29, 0.717) is 0 Å². The lowest BCUT2D eigenvalue weighted by molar-refractivity contribution is 0.0764. The number of aliphatic hydroxyl groups is 1. The van der Waals surface area contributed by atoms with Gasteiger partial charge in [-0.25, -0.2) is 0 Å². The van der Waals surface area contributed by atoms with Crippen molar-refractivity contribution in [3.63, 3.8) is 0 Å². The van der Waals surface area contributed by atoms with Gasteiger partial charge in [-0.3, -0.25) is 0 Å². The first-order valence-electron chi connectivity index (χ1n) is 3.45. The topological polar surface area (TPSA) is 77.0 Å². The van der Waals surface area contributed by atoms with Crippen molar-refractivity contribution in [3.8, 4) is 12.1 Å². The molecular formula is C8H10N2O2. The Hall–Kier alpha value is -1.52. The highest BCUT2D eigenvalue weighted by Crippen LogP contribution is 2.00. The molecule has 0 unspecified atom stereocenters. The summed E-state index contributed by atoms with van der Waals surface area (Å²) in [5.74, 6) is -0.311. The van der Waals surface area contributed by atoms with Crippen LogP contribution in [-0.2, 0) is 4.74 Å². The number of nitriles is 2. The average Bonchev–Trinajstić information content (AvgIpc) is 2.03. The van der Waals surface area contributed by atoms with Gasteiger partial charge in [0.15, 0.2) is 5.57 Å². The molecule has 0 aliphatic rings. The number of aliphatic hydroxyl groups excluding tert-OH is 1. The van der Waals surface area contributed by atoms with E-state index < -0.39 is 0 Å². The molecular weight excluding hydrogens is 156 g/mol. The van der Waals surface area contributed by atoms with Crippen LogP contribution in [0.5, 0.6) is 0 Å². The average molecular weight is 166 g/mol. The van der Waals surface area contributed by atoms with Crippen molar-refractivity contribution in [2.45, 2.75) is 20.0 Å². The summed E-state index contributed by atoms with van der Waals surface area (Å²) < 4.78 is 4.98. The molecule has 0 rings (SSSR count). The van der Waals surface area contributed by atoms with Gasteiger partial charge in [-0.05, 0) is 13.8 Å². The summed E-state index contributed by atoms with van der Waals surface area (Å²) in [7, 11) is 0. The van der Waals surface area contributed by atoms with Crippen LogP contribution in [0.1, 0.15) is 13.8 Å². The van der Waals surface area contributed by atoms with Crippen LogP contribution in [0, 0.1) is 22.7 Å². The van der Waals surface area contributed by atoms with Gasteiger partial charge >= 0.3 is 0 Å². The molecule has 0 bridgehead atoms. The molecule has 1 N–H and O–H groups in total. The Morgan fingerprint density at radius 2 is 1.92 bits per heavy atom. The molecule has 0 saturated heterocycles. The van der Waals surface area contributed by atoms with E-state index in [9.17, 15) is 0 Å². The number of nitrogens with zero attached hydrogens (tertiary/aromatic N) is 2. The van der Waals surface area contributed by atoms with Crippen LogP contribution in [0.15, 0.2) is 11.3 Å². The number of hydrogen-bond donors (Lipinski definition) is 1. The monoisotopic (exact) mass is 166 g/mol. The maximum atomic E-state index is 9.07. The van der Waals surface area contributed by atoms with Gasteiger partial charge in [0.05, 0.1) is 6.10 Å². The maximum absolute atomic E-state index is 9.07. The Kier molecular flexibility index (Phi) is 4.52. The van der Waals surface area contributed by atoms with Gasteiger partial charge in [0.2, 0.25) is 0 Å². The van der Waals surface area contributed by atoms with E-state index >= 15 is 0 Å². The summed E-state index contributed by atoms with van der Waals surface area (Å²) in [4.78, 5) is 0. The normalized spacial score (nSPS) is 8.75. The van der Waals surface area contributed by atoms with Gasteiger partial charge in [-0.1, -0.05) is 0 Å². The van der Waals surface area contributed by atoms with Gasteiger partial charge < -0.3 is 9.84 Å². The number of ether oxygens (including phenoxy) is 1. The lowest BCUT2D eigenvalue weighted by atomic mass is 10.3. The van der Waals surface area contributed by atoms with E-state index in [4.69, 9.17) is 20.4 Å². The van der Waals surface area contributed by atoms with Crippen LogP contribution in [0.25, 0.3) is 0 Å². The van der Waals surface area contributed by atoms with E-state index in [1.165, 1.54) is 0 Å². The van der Waals surface area contributed by atoms with Crippen molar-refractivity contribution in [3.05, 3.63) is 11.3 Å². The fourth-order valence-electron chi connectivity index (χ4n) is 0.472. The first kappa shape index (κ1) is 10.5. The van der Waals surface area contributed by atoms with Crippen molar-refractivity contribution in [1.29, 1.82) is 10.5 Å². The fraction of sp³-hybridized carbons (Fsp3) is 0.500. The zero-order valence-corrected chi connectivity index (χ0v) is 7.03. The van der Waals surface area contributed by atoms with E-state index in [0.717, 1.165) is 0 Å². The lowest BCUT2D eigenvalue weighted by Crippen LogP contribution is -2.06. The predicted octanol–water partition coefficient (Wildman–Crippen LogP) is 1.27. The molecule has 4 nitrogen and oxygen atoms in total. The molecule has 4 heteroatoms. The minimum atomic E-state index is -0.311. The van der Waals surface area contributed by atoms with Crippen molar-refractivity contribution in [2.75, 3.05) is 6.61 Å². The second kappa shape index (κ2) is 5.17. The smallest absolute Gasteiger partial charge is 0.169 e. The summed E-state index contributed by atoms with van der Waals surface area (Å²) in [6.07, 6.45) is -0.0363. The van der Waals surface area contributed by atoms with Crippen LogP contribution in [0.4, 0.5) is 0 Å². The molecule has 0 aromatic carbocycles. The molecule has 64 valence electrons. The Balaban J connectivity index is 4.20. The van der Waals surface area contributed by atoms with E-state index in [2.05, 4.69) is 0 Å². The molecule has 0 aliphatic heterocycles. The van der Waals surface area contributed by atoms with Crippen molar-refractivity contribution in [2.24, 2.45) is 0 Å². The third-order valence-corrected chi connectivity index (χ3v) is 1.07. The third-order valence-electron chi connectivity index (χ3n) is 1.07. The molecule has 0 aromatic heterocycles. The third kappa shape index (κ3) is 3.60. The van der Waals surface area contributed by atoms with Crippen LogP contribution in [-0.4, -0.2) is 17.8 Å². The summed E-state index contributed by atoms with van der Waals surface area (Å²) in [6, 6.07) is 3.13. The molecule has 0 radical (unpaired) electrons. The zero-order chi connectivity index (χ0) is 9.56. The van der Waals surface area contributed by atoms with Crippen molar-refractivity contribution in [1.82, 2.24) is 0 Å². The van der Waals surface area contributed by atoms with Crippen molar-refractivity contribution < 1.29 is 9.84 Å². The molecule has 0 heterocycles. The number of rotatable bonds is 3. The molecule has 0 fully saturated rings. The second-order valence-corrected chi connectivity index (χ2v) is 2.41. The number of hydrogen-bond acceptors (Lipinski definition) is 4. The summed E-state index contributed by atoms with van der Waals surface area (Å²) >= 11 is 0. The molecule has 0 saturated carbocycles. The zero-order valence-electron chi connectivity index (χ0n) is 7.03. The summed E-state index contributed by atoms with van der Waals surface area (Å²) in [5.41, 5.74) is -0.296. The van der Waals surface area contributed by atoms with Gasteiger partial charge in [0.1, 0.15) is 24.5 Å². The summed E-state index contributed by atoms with van der Waals surface area (Å²) in [6.45, 7) is 3.51. The van der Waals surface area contributed by atoms with Crippen LogP contribution in [0.3, 0.4) is 0 Å². The fourth-order valence-corrected chi connectivity index (χ4v) is 0.472. The van der Waals surface area contributed by atoms with Crippen LogP contribution >= 0.6 is 0 Å². The molecule has 0 aromatic rings. The molecule has 12 heavy (non-hydrogen) atoms. The van der Waals surface area contributed by atoms with Gasteiger partial charge in [0, 0.05) is 0 Å². The van der Waals surface area contributed by atoms with Gasteiger partial charge in [-0.2, -0.15) is 10.5 Å². The Bertz CT molecular complexity index is 239. The standard InChI is InChI=1S/C8H10N2O2/c1-6(2)12-5-8(11)7(3-9)4-10/h6,11H,5H2,1-2H3. The predicted molar refractivity (Wildman–Crippen MR) is 42.0 cm³/mol. The number of allylic oxidation sites excluding steroid dienone is 1. The first-order valence-corrected chi connectivity index (χ1v) is 3.45. The Labute approximate surface area is 71.3 Å². The minimum Gasteiger partial charge on any atom is -0.508 e. The lowest BCUT2D eigenvalue weighted by Gasteiger charge is -2.05. The van der Waals surface area contributed by atoms with E-state index in [-0.39, 0.29) is 24.0 Å². The first-order chi connectivity index (χ1) is 5.61. The molecule has 0 amide bonds. The van der Waals surface area contributed by atoms with Crippen LogP contribution in [0.2, 0.25) is 0 Å². The quantitative estimate of drug-likeness (QED) is 0.506. The maximum Gasteiger partial charge on any atom is 0.169 e. The minimum absolute atomic E-state index is 0.0363. The highest BCUT2D eigenvalue weighted by atomic mass is 16.5. The van der Waals surface area contributed by atoms with Gasteiger partial charge in [0.25, 0.3) is 0 Å². The highest BCUT2D eigenvalue weighted by Gasteiger charge is 2.04. The largest absolute Gasteiger partial charge is 0.508 e. The summed E-state index contributed by atoms with van der Waals surface area (Å²) in [5, 5.41) is 25.7. The SMILES string of the molecule is CC(C)OCC(O)=C(C#N)C#N. The highest BCUT2D eigenvalue weighted by molar-refractivity contribution is 5.37. The van der Waals surface area contributed by atoms with E-state index in [1.54, 1.807) is 26.0 Å². The molecule has 0 atom stereocenters. The van der Waals surface area contributed by atoms with E-state index in [1.807, 2.05) is 0 Å². The van der Waals surface area contributed by atoms with Crippen molar-refractivity contribution >= 4 is 0 Å². The van der Waals surface area contributed by atoms with Gasteiger partial charge in [-0.15, -0.1) is 0 Å². The Morgan fingerprint density at radius 1 is 1.42 bits per heavy atom. The molecule has 0 spiro atoms. The van der Waals surface area contributed by atoms with Crippen LogP contribution < -0.4 is 0 Å².